The summed E-state index contributed by atoms with van der Waals surface area (Å²) in [6.07, 6.45) is 2.65. The van der Waals surface area contributed by atoms with Crippen molar-refractivity contribution in [2.75, 3.05) is 12.3 Å². The minimum absolute atomic E-state index is 0.294. The summed E-state index contributed by atoms with van der Waals surface area (Å²) in [5.74, 6) is 0.658. The number of ether oxygens (including phenoxy) is 1. The molecule has 3 heteroatoms. The molecule has 1 heterocycles. The van der Waals surface area contributed by atoms with E-state index in [0.29, 0.717) is 23.6 Å². The van der Waals surface area contributed by atoms with Gasteiger partial charge in [0, 0.05) is 6.07 Å². The Morgan fingerprint density at radius 3 is 2.60 bits per heavy atom. The van der Waals surface area contributed by atoms with Crippen LogP contribution in [0.4, 0.5) is 5.69 Å². The molecule has 0 aliphatic heterocycles. The van der Waals surface area contributed by atoms with E-state index in [1.807, 2.05) is 13.0 Å². The largest absolute Gasteiger partial charge is 0.478 e. The Bertz CT molecular complexity index is 329. The molecule has 0 fully saturated rings. The Labute approximate surface area is 91.7 Å². The molecule has 0 atom stereocenters. The zero-order chi connectivity index (χ0) is 11.5. The van der Waals surface area contributed by atoms with Crippen molar-refractivity contribution in [1.82, 2.24) is 4.98 Å². The second-order valence-corrected chi connectivity index (χ2v) is 5.04. The molecular formula is C12H20N2O. The molecule has 0 spiro atoms. The zero-order valence-electron chi connectivity index (χ0n) is 10.0. The van der Waals surface area contributed by atoms with E-state index < -0.39 is 0 Å². The van der Waals surface area contributed by atoms with Crippen molar-refractivity contribution >= 4 is 5.69 Å². The van der Waals surface area contributed by atoms with E-state index in [-0.39, 0.29) is 0 Å². The van der Waals surface area contributed by atoms with Crippen molar-refractivity contribution in [3.8, 4) is 5.88 Å². The van der Waals surface area contributed by atoms with Gasteiger partial charge in [0.25, 0.3) is 0 Å². The zero-order valence-corrected chi connectivity index (χ0v) is 10.0. The maximum atomic E-state index is 5.67. The van der Waals surface area contributed by atoms with Crippen molar-refractivity contribution in [2.24, 2.45) is 5.41 Å². The summed E-state index contributed by atoms with van der Waals surface area (Å²) in [6, 6.07) is 1.87. The van der Waals surface area contributed by atoms with Crippen molar-refractivity contribution in [1.29, 1.82) is 0 Å². The van der Waals surface area contributed by atoms with Crippen LogP contribution in [0.3, 0.4) is 0 Å². The minimum Gasteiger partial charge on any atom is -0.478 e. The molecular weight excluding hydrogens is 188 g/mol. The topological polar surface area (TPSA) is 48.1 Å². The summed E-state index contributed by atoms with van der Waals surface area (Å²) < 4.78 is 5.55. The Hall–Kier alpha value is -1.25. The molecule has 1 aromatic heterocycles. The van der Waals surface area contributed by atoms with Crippen molar-refractivity contribution in [3.63, 3.8) is 0 Å². The first-order valence-electron chi connectivity index (χ1n) is 5.23. The third kappa shape index (κ3) is 4.19. The van der Waals surface area contributed by atoms with Crippen LogP contribution in [-0.2, 0) is 0 Å². The van der Waals surface area contributed by atoms with Crippen LogP contribution >= 0.6 is 0 Å². The van der Waals surface area contributed by atoms with Crippen molar-refractivity contribution < 1.29 is 4.74 Å². The van der Waals surface area contributed by atoms with Gasteiger partial charge in [0.05, 0.1) is 18.5 Å². The lowest BCUT2D eigenvalue weighted by atomic mass is 9.93. The van der Waals surface area contributed by atoms with Gasteiger partial charge in [0.2, 0.25) is 5.88 Å². The van der Waals surface area contributed by atoms with Crippen molar-refractivity contribution in [2.45, 2.75) is 34.1 Å². The highest BCUT2D eigenvalue weighted by Crippen LogP contribution is 2.20. The predicted molar refractivity (Wildman–Crippen MR) is 63.0 cm³/mol. The van der Waals surface area contributed by atoms with Gasteiger partial charge < -0.3 is 10.5 Å². The third-order valence-electron chi connectivity index (χ3n) is 2.23. The first-order valence-corrected chi connectivity index (χ1v) is 5.23. The second kappa shape index (κ2) is 4.51. The SMILES string of the molecule is Cc1cc(OCCC(C)(C)C)ncc1N. The highest BCUT2D eigenvalue weighted by Gasteiger charge is 2.10. The van der Waals surface area contributed by atoms with E-state index in [0.717, 1.165) is 12.0 Å². The molecule has 0 aromatic carbocycles. The van der Waals surface area contributed by atoms with Gasteiger partial charge in [-0.3, -0.25) is 0 Å². The number of aromatic nitrogens is 1. The molecule has 3 nitrogen and oxygen atoms in total. The maximum Gasteiger partial charge on any atom is 0.213 e. The minimum atomic E-state index is 0.294. The maximum absolute atomic E-state index is 5.67. The number of pyridine rings is 1. The van der Waals surface area contributed by atoms with Crippen molar-refractivity contribution in [3.05, 3.63) is 17.8 Å². The Balaban J connectivity index is 2.48. The van der Waals surface area contributed by atoms with Crippen LogP contribution in [0.15, 0.2) is 12.3 Å². The van der Waals surface area contributed by atoms with Gasteiger partial charge in [0.1, 0.15) is 0 Å². The van der Waals surface area contributed by atoms with Crippen LogP contribution in [0.25, 0.3) is 0 Å². The summed E-state index contributed by atoms with van der Waals surface area (Å²) in [4.78, 5) is 4.11. The van der Waals surface area contributed by atoms with Gasteiger partial charge in [-0.15, -0.1) is 0 Å². The number of nitrogens with zero attached hydrogens (tertiary/aromatic N) is 1. The van der Waals surface area contributed by atoms with Crippen LogP contribution in [0.1, 0.15) is 32.8 Å². The highest BCUT2D eigenvalue weighted by atomic mass is 16.5. The molecule has 0 bridgehead atoms. The fraction of sp³-hybridized carbons (Fsp3) is 0.583. The molecule has 84 valence electrons. The summed E-state index contributed by atoms with van der Waals surface area (Å²) in [5, 5.41) is 0. The molecule has 0 unspecified atom stereocenters. The molecule has 15 heavy (non-hydrogen) atoms. The van der Waals surface area contributed by atoms with Crippen LogP contribution < -0.4 is 10.5 Å². The first-order chi connectivity index (χ1) is 6.88. The molecule has 2 N–H and O–H groups in total. The molecule has 0 radical (unpaired) electrons. The molecule has 1 rings (SSSR count). The van der Waals surface area contributed by atoms with Gasteiger partial charge in [-0.05, 0) is 24.3 Å². The second-order valence-electron chi connectivity index (χ2n) is 5.04. The van der Waals surface area contributed by atoms with Crippen LogP contribution in [-0.4, -0.2) is 11.6 Å². The Morgan fingerprint density at radius 1 is 1.40 bits per heavy atom. The number of hydrogen-bond donors (Lipinski definition) is 1. The Morgan fingerprint density at radius 2 is 2.07 bits per heavy atom. The number of aryl methyl sites for hydroxylation is 1. The number of rotatable bonds is 3. The first kappa shape index (κ1) is 11.8. The van der Waals surface area contributed by atoms with Gasteiger partial charge >= 0.3 is 0 Å². The standard InChI is InChI=1S/C12H20N2O/c1-9-7-11(14-8-10(9)13)15-6-5-12(2,3)4/h7-8H,5-6,13H2,1-4H3. The van der Waals surface area contributed by atoms with E-state index in [9.17, 15) is 0 Å². The summed E-state index contributed by atoms with van der Waals surface area (Å²) in [7, 11) is 0. The number of anilines is 1. The molecule has 0 amide bonds. The Kier molecular flexibility index (Phi) is 3.56. The highest BCUT2D eigenvalue weighted by molar-refractivity contribution is 5.45. The smallest absolute Gasteiger partial charge is 0.213 e. The fourth-order valence-corrected chi connectivity index (χ4v) is 1.08. The summed E-state index contributed by atoms with van der Waals surface area (Å²) in [6.45, 7) is 9.22. The van der Waals surface area contributed by atoms with Gasteiger partial charge in [0.15, 0.2) is 0 Å². The van der Waals surface area contributed by atoms with Crippen LogP contribution in [0.5, 0.6) is 5.88 Å². The molecule has 0 aliphatic carbocycles. The van der Waals surface area contributed by atoms with Gasteiger partial charge in [-0.1, -0.05) is 20.8 Å². The number of nitrogens with two attached hydrogens (primary N) is 1. The quantitative estimate of drug-likeness (QED) is 0.831. The van der Waals surface area contributed by atoms with E-state index in [1.165, 1.54) is 0 Å². The van der Waals surface area contributed by atoms with E-state index in [1.54, 1.807) is 6.20 Å². The lowest BCUT2D eigenvalue weighted by molar-refractivity contribution is 0.236. The summed E-state index contributed by atoms with van der Waals surface area (Å²) in [5.41, 5.74) is 7.68. The lowest BCUT2D eigenvalue weighted by Crippen LogP contribution is -2.11. The number of nitrogen functional groups attached to an aromatic ring is 1. The average molecular weight is 208 g/mol. The fourth-order valence-electron chi connectivity index (χ4n) is 1.08. The average Bonchev–Trinajstić information content (AvgIpc) is 2.09. The lowest BCUT2D eigenvalue weighted by Gasteiger charge is -2.17. The van der Waals surface area contributed by atoms with Crippen LogP contribution in [0, 0.1) is 12.3 Å². The van der Waals surface area contributed by atoms with Crippen LogP contribution in [0.2, 0.25) is 0 Å². The monoisotopic (exact) mass is 208 g/mol. The van der Waals surface area contributed by atoms with Gasteiger partial charge in [-0.2, -0.15) is 0 Å². The summed E-state index contributed by atoms with van der Waals surface area (Å²) >= 11 is 0. The predicted octanol–water partition coefficient (Wildman–Crippen LogP) is 2.79. The van der Waals surface area contributed by atoms with E-state index in [4.69, 9.17) is 10.5 Å². The van der Waals surface area contributed by atoms with E-state index >= 15 is 0 Å². The normalized spacial score (nSPS) is 11.5. The molecule has 0 aliphatic rings. The molecule has 0 saturated heterocycles. The molecule has 0 saturated carbocycles. The number of hydrogen-bond acceptors (Lipinski definition) is 3. The van der Waals surface area contributed by atoms with Gasteiger partial charge in [-0.25, -0.2) is 4.98 Å². The third-order valence-corrected chi connectivity index (χ3v) is 2.23. The molecule has 1 aromatic rings. The van der Waals surface area contributed by atoms with E-state index in [2.05, 4.69) is 25.8 Å².